The van der Waals surface area contributed by atoms with Crippen LogP contribution in [0.5, 0.6) is 5.75 Å². The van der Waals surface area contributed by atoms with Gasteiger partial charge in [-0.15, -0.1) is 5.10 Å². The van der Waals surface area contributed by atoms with Gasteiger partial charge in [0.15, 0.2) is 6.17 Å². The second-order valence-corrected chi connectivity index (χ2v) is 9.26. The summed E-state index contributed by atoms with van der Waals surface area (Å²) >= 11 is 0. The molecule has 7 heteroatoms. The van der Waals surface area contributed by atoms with Crippen molar-refractivity contribution in [3.63, 3.8) is 0 Å². The molecule has 2 heterocycles. The molecule has 5 aromatic rings. The zero-order valence-corrected chi connectivity index (χ0v) is 20.7. The van der Waals surface area contributed by atoms with Gasteiger partial charge >= 0.3 is 6.03 Å². The van der Waals surface area contributed by atoms with E-state index in [1.54, 1.807) is 7.11 Å². The van der Waals surface area contributed by atoms with Gasteiger partial charge in [-0.1, -0.05) is 77.5 Å². The van der Waals surface area contributed by atoms with E-state index in [1.165, 1.54) is 0 Å². The van der Waals surface area contributed by atoms with Crippen LogP contribution in [0.2, 0.25) is 0 Å². The summed E-state index contributed by atoms with van der Waals surface area (Å²) < 4.78 is 7.27. The summed E-state index contributed by atoms with van der Waals surface area (Å²) in [6, 6.07) is 33.5. The maximum absolute atomic E-state index is 14.3. The Hall–Kier alpha value is -4.65. The highest BCUT2D eigenvalue weighted by atomic mass is 16.5. The zero-order chi connectivity index (χ0) is 25.4. The number of methoxy groups -OCH3 is 1. The normalized spacial score (nSPS) is 17.5. The van der Waals surface area contributed by atoms with Crippen LogP contribution in [0.1, 0.15) is 28.9 Å². The second kappa shape index (κ2) is 9.43. The smallest absolute Gasteiger partial charge is 0.327 e. The first-order chi connectivity index (χ1) is 18.1. The fourth-order valence-corrected chi connectivity index (χ4v) is 5.06. The summed E-state index contributed by atoms with van der Waals surface area (Å²) in [7, 11) is 1.64. The van der Waals surface area contributed by atoms with Gasteiger partial charge in [0.2, 0.25) is 0 Å². The lowest BCUT2D eigenvalue weighted by molar-refractivity contribution is 0.164. The van der Waals surface area contributed by atoms with E-state index in [0.717, 1.165) is 39.2 Å². The van der Waals surface area contributed by atoms with Crippen molar-refractivity contribution in [2.75, 3.05) is 12.0 Å². The minimum Gasteiger partial charge on any atom is -0.497 e. The lowest BCUT2D eigenvalue weighted by Crippen LogP contribution is -2.33. The summed E-state index contributed by atoms with van der Waals surface area (Å²) in [5.41, 5.74) is 5.70. The molecule has 1 saturated heterocycles. The third-order valence-corrected chi connectivity index (χ3v) is 6.92. The van der Waals surface area contributed by atoms with Gasteiger partial charge in [0.05, 0.1) is 12.6 Å². The molecular formula is C30H27N5O2. The lowest BCUT2D eigenvalue weighted by atomic mass is 10.0. The number of aromatic nitrogens is 3. The Labute approximate surface area is 215 Å². The number of benzene rings is 4. The number of nitrogens with zero attached hydrogens (tertiary/aromatic N) is 5. The molecule has 2 atom stereocenters. The van der Waals surface area contributed by atoms with Crippen molar-refractivity contribution in [2.45, 2.75) is 25.7 Å². The lowest BCUT2D eigenvalue weighted by Gasteiger charge is -2.29. The van der Waals surface area contributed by atoms with Gasteiger partial charge in [-0.2, -0.15) is 0 Å². The van der Waals surface area contributed by atoms with Gasteiger partial charge in [-0.3, -0.25) is 9.80 Å². The number of carbonyl (C=O) groups is 1. The van der Waals surface area contributed by atoms with Gasteiger partial charge in [0.25, 0.3) is 0 Å². The van der Waals surface area contributed by atoms with E-state index in [-0.39, 0.29) is 12.1 Å². The molecule has 1 fully saturated rings. The van der Waals surface area contributed by atoms with Crippen LogP contribution >= 0.6 is 0 Å². The predicted octanol–water partition coefficient (Wildman–Crippen LogP) is 6.13. The Balaban J connectivity index is 1.56. The van der Waals surface area contributed by atoms with Gasteiger partial charge in [-0.05, 0) is 54.4 Å². The van der Waals surface area contributed by atoms with E-state index in [0.29, 0.717) is 6.54 Å². The number of hydrogen-bond donors (Lipinski definition) is 0. The molecule has 0 unspecified atom stereocenters. The van der Waals surface area contributed by atoms with E-state index in [1.807, 2.05) is 93.3 Å². The predicted molar refractivity (Wildman–Crippen MR) is 143 cm³/mol. The molecule has 4 aromatic carbocycles. The first kappa shape index (κ1) is 22.8. The summed E-state index contributed by atoms with van der Waals surface area (Å²) in [6.45, 7) is 2.50. The van der Waals surface area contributed by atoms with Crippen molar-refractivity contribution in [1.82, 2.24) is 19.9 Å². The topological polar surface area (TPSA) is 63.5 Å². The van der Waals surface area contributed by atoms with E-state index < -0.39 is 6.17 Å². The highest BCUT2D eigenvalue weighted by molar-refractivity contribution is 5.96. The van der Waals surface area contributed by atoms with Crippen LogP contribution in [-0.4, -0.2) is 33.0 Å². The van der Waals surface area contributed by atoms with Crippen molar-refractivity contribution in [3.8, 4) is 5.75 Å². The van der Waals surface area contributed by atoms with Gasteiger partial charge < -0.3 is 4.74 Å². The van der Waals surface area contributed by atoms with Crippen LogP contribution in [-0.2, 0) is 6.54 Å². The summed E-state index contributed by atoms with van der Waals surface area (Å²) in [6.07, 6.45) is -0.426. The molecule has 0 radical (unpaired) electrons. The Kier molecular flexibility index (Phi) is 5.81. The molecule has 1 aromatic heterocycles. The number of anilines is 1. The van der Waals surface area contributed by atoms with Crippen LogP contribution in [0.3, 0.4) is 0 Å². The highest BCUT2D eigenvalue weighted by Gasteiger charge is 2.49. The van der Waals surface area contributed by atoms with E-state index in [2.05, 4.69) is 41.5 Å². The van der Waals surface area contributed by atoms with Crippen molar-refractivity contribution in [3.05, 3.63) is 120 Å². The maximum Gasteiger partial charge on any atom is 0.327 e. The van der Waals surface area contributed by atoms with Crippen LogP contribution < -0.4 is 9.64 Å². The number of amides is 2. The molecule has 0 N–H and O–H groups in total. The number of ether oxygens (including phenoxy) is 1. The van der Waals surface area contributed by atoms with Crippen molar-refractivity contribution in [2.24, 2.45) is 0 Å². The van der Waals surface area contributed by atoms with Crippen molar-refractivity contribution >= 4 is 22.8 Å². The quantitative estimate of drug-likeness (QED) is 0.288. The molecule has 6 rings (SSSR count). The molecular weight excluding hydrogens is 462 g/mol. The number of carbonyl (C=O) groups excluding carboxylic acids is 1. The highest BCUT2D eigenvalue weighted by Crippen LogP contribution is 2.46. The number of rotatable bonds is 6. The fourth-order valence-electron chi connectivity index (χ4n) is 5.06. The maximum atomic E-state index is 14.3. The first-order valence-corrected chi connectivity index (χ1v) is 12.3. The van der Waals surface area contributed by atoms with E-state index in [4.69, 9.17) is 4.74 Å². The average Bonchev–Trinajstić information content (AvgIpc) is 3.48. The first-order valence-electron chi connectivity index (χ1n) is 12.3. The second-order valence-electron chi connectivity index (χ2n) is 9.26. The van der Waals surface area contributed by atoms with Crippen LogP contribution in [0.15, 0.2) is 103 Å². The largest absolute Gasteiger partial charge is 0.497 e. The van der Waals surface area contributed by atoms with Crippen molar-refractivity contribution < 1.29 is 9.53 Å². The third-order valence-electron chi connectivity index (χ3n) is 6.92. The average molecular weight is 490 g/mol. The molecule has 184 valence electrons. The van der Waals surface area contributed by atoms with Gasteiger partial charge in [0.1, 0.15) is 17.3 Å². The molecule has 0 spiro atoms. The number of para-hydroxylation sites is 1. The minimum absolute atomic E-state index is 0.0934. The zero-order valence-electron chi connectivity index (χ0n) is 20.7. The molecule has 0 bridgehead atoms. The Morgan fingerprint density at radius 2 is 1.54 bits per heavy atom. The summed E-state index contributed by atoms with van der Waals surface area (Å²) in [5, 5.41) is 9.01. The van der Waals surface area contributed by atoms with Crippen molar-refractivity contribution in [1.29, 1.82) is 0 Å². The molecule has 1 aliphatic heterocycles. The number of fused-ring (bicyclic) bond motifs is 1. The number of aryl methyl sites for hydroxylation is 1. The van der Waals surface area contributed by atoms with E-state index >= 15 is 0 Å². The monoisotopic (exact) mass is 489 g/mol. The standard InChI is InChI=1S/C30H27N5O2/c1-21-12-14-23(15-13-21)28-29(35-27-11-7-6-10-26(27)31-32-35)33(20-22-8-4-3-5-9-22)30(36)34(28)24-16-18-25(37-2)19-17-24/h3-19,28-29H,20H2,1-2H3/t28-,29-/m1/s1. The molecule has 1 aliphatic rings. The van der Waals surface area contributed by atoms with Crippen LogP contribution in [0.4, 0.5) is 10.5 Å². The summed E-state index contributed by atoms with van der Waals surface area (Å²) in [4.78, 5) is 18.1. The molecule has 2 amide bonds. The molecule has 37 heavy (non-hydrogen) atoms. The SMILES string of the molecule is COc1ccc(N2C(=O)N(Cc3ccccc3)[C@H](n3nnc4ccccc43)[C@H]2c2ccc(C)cc2)cc1. The molecule has 0 saturated carbocycles. The Morgan fingerprint density at radius 1 is 0.838 bits per heavy atom. The third kappa shape index (κ3) is 4.08. The Morgan fingerprint density at radius 3 is 2.27 bits per heavy atom. The van der Waals surface area contributed by atoms with Gasteiger partial charge in [0, 0.05) is 12.2 Å². The minimum atomic E-state index is -0.426. The van der Waals surface area contributed by atoms with E-state index in [9.17, 15) is 4.79 Å². The molecule has 0 aliphatic carbocycles. The van der Waals surface area contributed by atoms with Gasteiger partial charge in [-0.25, -0.2) is 9.48 Å². The number of hydrogen-bond acceptors (Lipinski definition) is 4. The number of urea groups is 1. The summed E-state index contributed by atoms with van der Waals surface area (Å²) in [5.74, 6) is 0.738. The van der Waals surface area contributed by atoms with Crippen LogP contribution in [0.25, 0.3) is 11.0 Å². The van der Waals surface area contributed by atoms with Crippen LogP contribution in [0, 0.1) is 6.92 Å². The molecule has 7 nitrogen and oxygen atoms in total. The fraction of sp³-hybridized carbons (Fsp3) is 0.167. The Bertz CT molecular complexity index is 1530.